The van der Waals surface area contributed by atoms with Crippen molar-refractivity contribution >= 4 is 5.69 Å². The van der Waals surface area contributed by atoms with Gasteiger partial charge in [0.25, 0.3) is 0 Å². The average molecular weight is 191 g/mol. The summed E-state index contributed by atoms with van der Waals surface area (Å²) < 4.78 is 2.19. The van der Waals surface area contributed by atoms with Crippen LogP contribution in [0.3, 0.4) is 0 Å². The molecule has 1 saturated carbocycles. The van der Waals surface area contributed by atoms with E-state index in [1.807, 2.05) is 0 Å². The van der Waals surface area contributed by atoms with E-state index < -0.39 is 0 Å². The van der Waals surface area contributed by atoms with E-state index >= 15 is 0 Å². The van der Waals surface area contributed by atoms with Crippen molar-refractivity contribution in [1.29, 1.82) is 0 Å². The van der Waals surface area contributed by atoms with E-state index in [0.717, 1.165) is 19.0 Å². The summed E-state index contributed by atoms with van der Waals surface area (Å²) in [5, 5.41) is 8.25. The first-order chi connectivity index (χ1) is 6.90. The van der Waals surface area contributed by atoms with Crippen LogP contribution in [-0.2, 0) is 13.0 Å². The Morgan fingerprint density at radius 1 is 1.50 bits per heavy atom. The standard InChI is InChI=1S/C11H17N3/c1-2-14-9-4-3-7-12-11(9)10(13-14)8-5-6-8/h8,12H,2-7H2,1H3. The summed E-state index contributed by atoms with van der Waals surface area (Å²) in [4.78, 5) is 0. The number of hydrogen-bond donors (Lipinski definition) is 1. The van der Waals surface area contributed by atoms with Crippen LogP contribution in [0.1, 0.15) is 43.5 Å². The smallest absolute Gasteiger partial charge is 0.0889 e. The Hall–Kier alpha value is -0.990. The van der Waals surface area contributed by atoms with Crippen LogP contribution in [0.5, 0.6) is 0 Å². The average Bonchev–Trinajstić information content (AvgIpc) is 3.00. The van der Waals surface area contributed by atoms with Crippen LogP contribution >= 0.6 is 0 Å². The molecule has 2 heterocycles. The molecule has 14 heavy (non-hydrogen) atoms. The van der Waals surface area contributed by atoms with Crippen LogP contribution in [0.4, 0.5) is 5.69 Å². The molecule has 1 fully saturated rings. The number of nitrogens with zero attached hydrogens (tertiary/aromatic N) is 2. The van der Waals surface area contributed by atoms with Gasteiger partial charge in [-0.25, -0.2) is 0 Å². The second-order valence-corrected chi connectivity index (χ2v) is 4.33. The van der Waals surface area contributed by atoms with Crippen LogP contribution < -0.4 is 5.32 Å². The molecule has 76 valence electrons. The van der Waals surface area contributed by atoms with Crippen molar-refractivity contribution < 1.29 is 0 Å². The fourth-order valence-corrected chi connectivity index (χ4v) is 2.34. The van der Waals surface area contributed by atoms with Crippen molar-refractivity contribution in [3.05, 3.63) is 11.4 Å². The molecule has 0 amide bonds. The zero-order valence-electron chi connectivity index (χ0n) is 8.71. The van der Waals surface area contributed by atoms with Gasteiger partial charge < -0.3 is 5.32 Å². The Morgan fingerprint density at radius 2 is 2.36 bits per heavy atom. The zero-order valence-corrected chi connectivity index (χ0v) is 8.71. The van der Waals surface area contributed by atoms with Crippen LogP contribution in [0.25, 0.3) is 0 Å². The minimum Gasteiger partial charge on any atom is -0.382 e. The summed E-state index contributed by atoms with van der Waals surface area (Å²) in [5.41, 5.74) is 4.17. The summed E-state index contributed by atoms with van der Waals surface area (Å²) >= 11 is 0. The maximum atomic E-state index is 4.73. The molecule has 1 aromatic heterocycles. The number of nitrogens with one attached hydrogen (secondary N) is 1. The molecule has 0 aromatic carbocycles. The van der Waals surface area contributed by atoms with Crippen molar-refractivity contribution in [2.75, 3.05) is 11.9 Å². The Morgan fingerprint density at radius 3 is 3.07 bits per heavy atom. The van der Waals surface area contributed by atoms with Crippen molar-refractivity contribution in [1.82, 2.24) is 9.78 Å². The number of aryl methyl sites for hydroxylation is 1. The van der Waals surface area contributed by atoms with E-state index in [4.69, 9.17) is 5.10 Å². The largest absolute Gasteiger partial charge is 0.382 e. The molecular formula is C11H17N3. The lowest BCUT2D eigenvalue weighted by Gasteiger charge is -2.15. The van der Waals surface area contributed by atoms with E-state index in [9.17, 15) is 0 Å². The Kier molecular flexibility index (Phi) is 1.79. The second kappa shape index (κ2) is 3.01. The topological polar surface area (TPSA) is 29.9 Å². The SMILES string of the molecule is CCn1nc(C2CC2)c2c1CCCN2. The van der Waals surface area contributed by atoms with Gasteiger partial charge in [0, 0.05) is 19.0 Å². The Bertz CT molecular complexity index is 350. The van der Waals surface area contributed by atoms with E-state index in [-0.39, 0.29) is 0 Å². The fraction of sp³-hybridized carbons (Fsp3) is 0.727. The highest BCUT2D eigenvalue weighted by atomic mass is 15.3. The fourth-order valence-electron chi connectivity index (χ4n) is 2.34. The molecule has 1 N–H and O–H groups in total. The molecule has 1 aromatic rings. The number of aromatic nitrogens is 2. The molecule has 0 bridgehead atoms. The predicted octanol–water partition coefficient (Wildman–Crippen LogP) is 2.14. The summed E-state index contributed by atoms with van der Waals surface area (Å²) in [6.45, 7) is 4.32. The molecule has 0 atom stereocenters. The third-order valence-electron chi connectivity index (χ3n) is 3.24. The number of hydrogen-bond acceptors (Lipinski definition) is 2. The van der Waals surface area contributed by atoms with Gasteiger partial charge in [0.15, 0.2) is 0 Å². The van der Waals surface area contributed by atoms with Gasteiger partial charge >= 0.3 is 0 Å². The second-order valence-electron chi connectivity index (χ2n) is 4.33. The van der Waals surface area contributed by atoms with Crippen molar-refractivity contribution in [3.63, 3.8) is 0 Å². The Labute approximate surface area is 84.5 Å². The van der Waals surface area contributed by atoms with Crippen LogP contribution in [-0.4, -0.2) is 16.3 Å². The molecule has 2 aliphatic rings. The molecule has 0 radical (unpaired) electrons. The minimum absolute atomic E-state index is 0.766. The van der Waals surface area contributed by atoms with Crippen molar-refractivity contribution in [3.8, 4) is 0 Å². The highest BCUT2D eigenvalue weighted by Gasteiger charge is 2.32. The predicted molar refractivity (Wildman–Crippen MR) is 56.7 cm³/mol. The molecule has 0 spiro atoms. The monoisotopic (exact) mass is 191 g/mol. The molecule has 1 aliphatic carbocycles. The number of fused-ring (bicyclic) bond motifs is 1. The summed E-state index contributed by atoms with van der Waals surface area (Å²) in [6.07, 6.45) is 5.14. The van der Waals surface area contributed by atoms with Crippen LogP contribution in [0.2, 0.25) is 0 Å². The first kappa shape index (κ1) is 8.33. The van der Waals surface area contributed by atoms with E-state index in [0.29, 0.717) is 0 Å². The van der Waals surface area contributed by atoms with E-state index in [2.05, 4.69) is 16.9 Å². The zero-order chi connectivity index (χ0) is 9.54. The van der Waals surface area contributed by atoms with Gasteiger partial charge in [0.1, 0.15) is 0 Å². The highest BCUT2D eigenvalue weighted by Crippen LogP contribution is 2.44. The number of rotatable bonds is 2. The van der Waals surface area contributed by atoms with Gasteiger partial charge in [-0.05, 0) is 32.6 Å². The van der Waals surface area contributed by atoms with Crippen LogP contribution in [0, 0.1) is 0 Å². The molecule has 1 aliphatic heterocycles. The molecular weight excluding hydrogens is 174 g/mol. The first-order valence-electron chi connectivity index (χ1n) is 5.73. The maximum Gasteiger partial charge on any atom is 0.0889 e. The molecule has 0 saturated heterocycles. The third kappa shape index (κ3) is 1.15. The molecule has 0 unspecified atom stereocenters. The summed E-state index contributed by atoms with van der Waals surface area (Å²) in [6, 6.07) is 0. The van der Waals surface area contributed by atoms with Gasteiger partial charge in [-0.3, -0.25) is 4.68 Å². The van der Waals surface area contributed by atoms with E-state index in [1.54, 1.807) is 0 Å². The minimum atomic E-state index is 0.766. The van der Waals surface area contributed by atoms with Gasteiger partial charge in [0.2, 0.25) is 0 Å². The summed E-state index contributed by atoms with van der Waals surface area (Å²) in [5.74, 6) is 0.766. The van der Waals surface area contributed by atoms with Gasteiger partial charge in [0.05, 0.1) is 17.1 Å². The third-order valence-corrected chi connectivity index (χ3v) is 3.24. The Balaban J connectivity index is 2.07. The van der Waals surface area contributed by atoms with Crippen molar-refractivity contribution in [2.45, 2.75) is 45.1 Å². The lowest BCUT2D eigenvalue weighted by molar-refractivity contribution is 0.602. The van der Waals surface area contributed by atoms with Gasteiger partial charge in [-0.2, -0.15) is 5.10 Å². The quantitative estimate of drug-likeness (QED) is 0.776. The molecule has 3 heteroatoms. The molecule has 3 rings (SSSR count). The van der Waals surface area contributed by atoms with Crippen LogP contribution in [0.15, 0.2) is 0 Å². The molecule has 3 nitrogen and oxygen atoms in total. The lowest BCUT2D eigenvalue weighted by Crippen LogP contribution is -2.14. The van der Waals surface area contributed by atoms with Gasteiger partial charge in [-0.1, -0.05) is 0 Å². The van der Waals surface area contributed by atoms with Crippen molar-refractivity contribution in [2.24, 2.45) is 0 Å². The first-order valence-corrected chi connectivity index (χ1v) is 5.73. The maximum absolute atomic E-state index is 4.73. The number of anilines is 1. The lowest BCUT2D eigenvalue weighted by atomic mass is 10.1. The summed E-state index contributed by atoms with van der Waals surface area (Å²) in [7, 11) is 0. The van der Waals surface area contributed by atoms with E-state index in [1.165, 1.54) is 42.8 Å². The van der Waals surface area contributed by atoms with Gasteiger partial charge in [-0.15, -0.1) is 0 Å². The highest BCUT2D eigenvalue weighted by molar-refractivity contribution is 5.57. The normalized spacial score (nSPS) is 20.4.